The fraction of sp³-hybridized carbons (Fsp3) is 0.250. The molecule has 6 nitrogen and oxygen atoms in total. The molecule has 0 saturated heterocycles. The Morgan fingerprint density at radius 1 is 1.32 bits per heavy atom. The van der Waals surface area contributed by atoms with E-state index in [0.29, 0.717) is 18.0 Å². The molecule has 116 valence electrons. The van der Waals surface area contributed by atoms with Crippen LogP contribution < -0.4 is 10.1 Å². The minimum Gasteiger partial charge on any atom is -0.491 e. The number of unbranched alkanes of at least 4 members (excludes halogenated alkanes) is 1. The number of carbonyl (C=O) groups excluding carboxylic acids is 1. The molecule has 2 rings (SSSR count). The van der Waals surface area contributed by atoms with Gasteiger partial charge in [-0.2, -0.15) is 0 Å². The van der Waals surface area contributed by atoms with E-state index in [2.05, 4.69) is 12.2 Å². The molecular formula is C16H17NO5. The lowest BCUT2D eigenvalue weighted by molar-refractivity contribution is 0.0696. The predicted molar refractivity (Wildman–Crippen MR) is 80.5 cm³/mol. The Bertz CT molecular complexity index is 662. The van der Waals surface area contributed by atoms with Gasteiger partial charge in [0, 0.05) is 6.07 Å². The van der Waals surface area contributed by atoms with Crippen LogP contribution in [0.1, 0.15) is 40.7 Å². The van der Waals surface area contributed by atoms with E-state index in [0.717, 1.165) is 19.1 Å². The second-order valence-electron chi connectivity index (χ2n) is 4.66. The van der Waals surface area contributed by atoms with Crippen molar-refractivity contribution in [3.05, 3.63) is 47.9 Å². The van der Waals surface area contributed by atoms with E-state index in [4.69, 9.17) is 14.3 Å². The van der Waals surface area contributed by atoms with Crippen LogP contribution in [0.3, 0.4) is 0 Å². The maximum atomic E-state index is 12.1. The molecule has 0 unspecified atom stereocenters. The number of rotatable bonds is 7. The maximum Gasteiger partial charge on any atom is 0.338 e. The lowest BCUT2D eigenvalue weighted by atomic mass is 10.2. The van der Waals surface area contributed by atoms with Crippen LogP contribution in [-0.2, 0) is 0 Å². The zero-order valence-electron chi connectivity index (χ0n) is 12.2. The molecule has 1 amide bonds. The Morgan fingerprint density at radius 2 is 2.09 bits per heavy atom. The summed E-state index contributed by atoms with van der Waals surface area (Å²) >= 11 is 0. The second-order valence-corrected chi connectivity index (χ2v) is 4.66. The molecule has 2 aromatic rings. The molecule has 1 aromatic heterocycles. The molecule has 0 aliphatic carbocycles. The van der Waals surface area contributed by atoms with Gasteiger partial charge < -0.3 is 19.6 Å². The lowest BCUT2D eigenvalue weighted by Gasteiger charge is -2.11. The molecule has 6 heteroatoms. The monoisotopic (exact) mass is 303 g/mol. The summed E-state index contributed by atoms with van der Waals surface area (Å²) in [5, 5.41) is 11.5. The van der Waals surface area contributed by atoms with Crippen molar-refractivity contribution < 1.29 is 23.8 Å². The summed E-state index contributed by atoms with van der Waals surface area (Å²) in [6.45, 7) is 2.63. The molecular weight excluding hydrogens is 286 g/mol. The van der Waals surface area contributed by atoms with Crippen molar-refractivity contribution in [2.75, 3.05) is 11.9 Å². The van der Waals surface area contributed by atoms with Crippen molar-refractivity contribution in [2.24, 2.45) is 0 Å². The number of nitrogens with one attached hydrogen (secondary N) is 1. The molecule has 0 spiro atoms. The van der Waals surface area contributed by atoms with Crippen LogP contribution in [0.2, 0.25) is 0 Å². The SMILES string of the molecule is CCCCOc1ccccc1NC(=O)c1cc(C(=O)O)co1. The maximum absolute atomic E-state index is 12.1. The number of carboxylic acids is 1. The van der Waals surface area contributed by atoms with Gasteiger partial charge in [-0.05, 0) is 18.6 Å². The van der Waals surface area contributed by atoms with Crippen LogP contribution in [0.5, 0.6) is 5.75 Å². The molecule has 0 aliphatic rings. The van der Waals surface area contributed by atoms with E-state index in [1.54, 1.807) is 18.2 Å². The summed E-state index contributed by atoms with van der Waals surface area (Å²) in [6, 6.07) is 8.23. The highest BCUT2D eigenvalue weighted by Gasteiger charge is 2.16. The van der Waals surface area contributed by atoms with Gasteiger partial charge in [0.25, 0.3) is 5.91 Å². The number of aromatic carboxylic acids is 1. The number of hydrogen-bond acceptors (Lipinski definition) is 4. The lowest BCUT2D eigenvalue weighted by Crippen LogP contribution is -2.12. The average molecular weight is 303 g/mol. The van der Waals surface area contributed by atoms with Crippen molar-refractivity contribution in [3.8, 4) is 5.75 Å². The highest BCUT2D eigenvalue weighted by Crippen LogP contribution is 2.24. The summed E-state index contributed by atoms with van der Waals surface area (Å²) in [7, 11) is 0. The number of carbonyl (C=O) groups is 2. The normalized spacial score (nSPS) is 10.2. The zero-order valence-corrected chi connectivity index (χ0v) is 12.2. The number of hydrogen-bond donors (Lipinski definition) is 2. The van der Waals surface area contributed by atoms with E-state index in [1.165, 1.54) is 6.07 Å². The number of para-hydroxylation sites is 2. The highest BCUT2D eigenvalue weighted by molar-refractivity contribution is 6.04. The Kier molecular flexibility index (Phi) is 5.19. The third kappa shape index (κ3) is 3.88. The van der Waals surface area contributed by atoms with Gasteiger partial charge in [0.15, 0.2) is 5.76 Å². The minimum atomic E-state index is -1.15. The smallest absolute Gasteiger partial charge is 0.338 e. The van der Waals surface area contributed by atoms with Crippen molar-refractivity contribution in [1.82, 2.24) is 0 Å². The molecule has 0 aliphatic heterocycles. The van der Waals surface area contributed by atoms with Gasteiger partial charge in [0.05, 0.1) is 17.9 Å². The number of ether oxygens (including phenoxy) is 1. The van der Waals surface area contributed by atoms with E-state index in [1.807, 2.05) is 6.07 Å². The van der Waals surface area contributed by atoms with E-state index >= 15 is 0 Å². The quantitative estimate of drug-likeness (QED) is 0.765. The van der Waals surface area contributed by atoms with Crippen LogP contribution in [0.4, 0.5) is 5.69 Å². The van der Waals surface area contributed by atoms with Gasteiger partial charge in [0.1, 0.15) is 12.0 Å². The van der Waals surface area contributed by atoms with Gasteiger partial charge in [-0.3, -0.25) is 4.79 Å². The molecule has 0 atom stereocenters. The largest absolute Gasteiger partial charge is 0.491 e. The van der Waals surface area contributed by atoms with Crippen LogP contribution in [-0.4, -0.2) is 23.6 Å². The van der Waals surface area contributed by atoms with Crippen molar-refractivity contribution >= 4 is 17.6 Å². The number of anilines is 1. The molecule has 0 bridgehead atoms. The Hall–Kier alpha value is -2.76. The number of furan rings is 1. The van der Waals surface area contributed by atoms with Crippen LogP contribution >= 0.6 is 0 Å². The molecule has 0 fully saturated rings. The third-order valence-electron chi connectivity index (χ3n) is 2.96. The van der Waals surface area contributed by atoms with E-state index < -0.39 is 11.9 Å². The van der Waals surface area contributed by atoms with Crippen molar-refractivity contribution in [2.45, 2.75) is 19.8 Å². The van der Waals surface area contributed by atoms with Crippen LogP contribution in [0, 0.1) is 0 Å². The van der Waals surface area contributed by atoms with E-state index in [9.17, 15) is 9.59 Å². The molecule has 0 radical (unpaired) electrons. The molecule has 0 saturated carbocycles. The minimum absolute atomic E-state index is 0.0687. The summed E-state index contributed by atoms with van der Waals surface area (Å²) in [5.41, 5.74) is 0.439. The molecule has 2 N–H and O–H groups in total. The van der Waals surface area contributed by atoms with Crippen molar-refractivity contribution in [3.63, 3.8) is 0 Å². The first-order chi connectivity index (χ1) is 10.6. The molecule has 1 heterocycles. The highest BCUT2D eigenvalue weighted by atomic mass is 16.5. The summed E-state index contributed by atoms with van der Waals surface area (Å²) < 4.78 is 10.6. The summed E-state index contributed by atoms with van der Waals surface area (Å²) in [4.78, 5) is 22.9. The molecule has 22 heavy (non-hydrogen) atoms. The topological polar surface area (TPSA) is 88.8 Å². The van der Waals surface area contributed by atoms with E-state index in [-0.39, 0.29) is 11.3 Å². The van der Waals surface area contributed by atoms with Crippen LogP contribution in [0.15, 0.2) is 41.0 Å². The van der Waals surface area contributed by atoms with Gasteiger partial charge in [-0.1, -0.05) is 25.5 Å². The first kappa shape index (κ1) is 15.6. The average Bonchev–Trinajstić information content (AvgIpc) is 2.99. The molecule has 1 aromatic carbocycles. The van der Waals surface area contributed by atoms with Gasteiger partial charge in [-0.25, -0.2) is 4.79 Å². The zero-order chi connectivity index (χ0) is 15.9. The van der Waals surface area contributed by atoms with Gasteiger partial charge in [0.2, 0.25) is 0 Å². The first-order valence-electron chi connectivity index (χ1n) is 6.96. The fourth-order valence-electron chi connectivity index (χ4n) is 1.77. The third-order valence-corrected chi connectivity index (χ3v) is 2.96. The summed E-state index contributed by atoms with van der Waals surface area (Å²) in [5.74, 6) is -1.18. The predicted octanol–water partition coefficient (Wildman–Crippen LogP) is 3.41. The van der Waals surface area contributed by atoms with Crippen LogP contribution in [0.25, 0.3) is 0 Å². The Balaban J connectivity index is 2.08. The summed E-state index contributed by atoms with van der Waals surface area (Å²) in [6.07, 6.45) is 2.96. The first-order valence-corrected chi connectivity index (χ1v) is 6.96. The standard InChI is InChI=1S/C16H17NO5/c1-2-3-8-21-13-7-5-4-6-12(13)17-15(18)14-9-11(10-22-14)16(19)20/h4-7,9-10H,2-3,8H2,1H3,(H,17,18)(H,19,20). The Morgan fingerprint density at radius 3 is 2.77 bits per heavy atom. The van der Waals surface area contributed by atoms with Gasteiger partial charge >= 0.3 is 5.97 Å². The fourth-order valence-corrected chi connectivity index (χ4v) is 1.77. The second kappa shape index (κ2) is 7.31. The number of carboxylic acid groups (broad SMARTS) is 1. The van der Waals surface area contributed by atoms with Crippen molar-refractivity contribution in [1.29, 1.82) is 0 Å². The van der Waals surface area contributed by atoms with Gasteiger partial charge in [-0.15, -0.1) is 0 Å². The Labute approximate surface area is 127 Å². The number of benzene rings is 1. The number of amides is 1.